The summed E-state index contributed by atoms with van der Waals surface area (Å²) in [4.78, 5) is 0. The van der Waals surface area contributed by atoms with Gasteiger partial charge in [-0.15, -0.1) is 6.42 Å². The van der Waals surface area contributed by atoms with Gasteiger partial charge in [0.1, 0.15) is 0 Å². The van der Waals surface area contributed by atoms with Gasteiger partial charge in [-0.3, -0.25) is 12.2 Å². The van der Waals surface area contributed by atoms with Gasteiger partial charge in [0.25, 0.3) is 0 Å². The number of hydrogen-bond donors (Lipinski definition) is 0. The van der Waals surface area contributed by atoms with Crippen LogP contribution in [0.25, 0.3) is 0 Å². The van der Waals surface area contributed by atoms with E-state index in [2.05, 4.69) is 99.6 Å². The molecule has 2 rings (SSSR count). The van der Waals surface area contributed by atoms with E-state index in [0.29, 0.717) is 16.7 Å². The van der Waals surface area contributed by atoms with Gasteiger partial charge in [0, 0.05) is 0 Å². The number of rotatable bonds is 0. The van der Waals surface area contributed by atoms with Crippen molar-refractivity contribution in [3.63, 3.8) is 0 Å². The van der Waals surface area contributed by atoms with Gasteiger partial charge in [0.05, 0.1) is 0 Å². The molecule has 0 amide bonds. The minimum Gasteiger partial charge on any atom is -1.00 e. The van der Waals surface area contributed by atoms with E-state index in [1.807, 2.05) is 0 Å². The Morgan fingerprint density at radius 3 is 1.65 bits per heavy atom. The molecular weight excluding hydrogens is 438 g/mol. The van der Waals surface area contributed by atoms with Crippen LogP contribution in [-0.4, -0.2) is 3.21 Å². The molecule has 0 nitrogen and oxygen atoms in total. The molecular formula is C23H36Cl2Zr-2. The van der Waals surface area contributed by atoms with Crippen molar-refractivity contribution in [2.45, 2.75) is 75.7 Å². The first-order valence-electron chi connectivity index (χ1n) is 8.85. The summed E-state index contributed by atoms with van der Waals surface area (Å²) >= 11 is 1.55. The fraction of sp³-hybridized carbons (Fsp3) is 0.609. The van der Waals surface area contributed by atoms with Crippen LogP contribution >= 0.6 is 0 Å². The summed E-state index contributed by atoms with van der Waals surface area (Å²) in [6, 6.07) is 0. The van der Waals surface area contributed by atoms with Crippen LogP contribution < -0.4 is 24.8 Å². The Morgan fingerprint density at radius 1 is 1.04 bits per heavy atom. The summed E-state index contributed by atoms with van der Waals surface area (Å²) in [5, 5.41) is 0. The Kier molecular flexibility index (Phi) is 16.1. The van der Waals surface area contributed by atoms with Gasteiger partial charge in [-0.05, 0) is 5.41 Å². The summed E-state index contributed by atoms with van der Waals surface area (Å²) in [5.74, 6) is 0.522. The SMILES string of the molecule is CC1=[C-]CC(C(C)(C)C)=C1.CC1[C-]=CC(C(C)(C)C)=C1.C[C](C)=[Zr+2].[Cl-].[Cl-]. The topological polar surface area (TPSA) is 0 Å². The first-order chi connectivity index (χ1) is 10.7. The zero-order chi connectivity index (χ0) is 19.1. The minimum absolute atomic E-state index is 0. The Bertz CT molecular complexity index is 546. The first-order valence-corrected chi connectivity index (χ1v) is 10.1. The zero-order valence-corrected chi connectivity index (χ0v) is 22.2. The monoisotopic (exact) mass is 472 g/mol. The van der Waals surface area contributed by atoms with Crippen molar-refractivity contribution in [2.24, 2.45) is 16.7 Å². The Morgan fingerprint density at radius 2 is 1.50 bits per heavy atom. The molecule has 0 aromatic carbocycles. The Balaban J connectivity index is -0.000000319. The molecule has 2 aliphatic carbocycles. The molecule has 0 heterocycles. The largest absolute Gasteiger partial charge is 1.00 e. The maximum Gasteiger partial charge on any atom is -1.00 e. The molecule has 3 heteroatoms. The van der Waals surface area contributed by atoms with E-state index in [9.17, 15) is 0 Å². The smallest absolute Gasteiger partial charge is 1.00 e. The third kappa shape index (κ3) is 14.4. The Labute approximate surface area is 190 Å². The first kappa shape index (κ1) is 31.0. The molecule has 0 saturated carbocycles. The molecule has 26 heavy (non-hydrogen) atoms. The second-order valence-corrected chi connectivity index (χ2v) is 11.4. The molecule has 0 N–H and O–H groups in total. The second-order valence-electron chi connectivity index (χ2n) is 8.93. The molecule has 2 aliphatic rings. The van der Waals surface area contributed by atoms with Crippen molar-refractivity contribution in [2.75, 3.05) is 0 Å². The summed E-state index contributed by atoms with van der Waals surface area (Å²) in [7, 11) is 0. The standard InChI is InChI=1S/2C10H15.C3H6.2ClH.Zr/c2*1-8-5-6-9(7-8)10(2,3)4;1-3-2;;;/h7H,6H2,1-4H3;6-8H,1-4H3;1-2H3;2*1H;/q2*-1;;;;+2/p-2. The van der Waals surface area contributed by atoms with Crippen molar-refractivity contribution < 1.29 is 49.0 Å². The van der Waals surface area contributed by atoms with Crippen LogP contribution in [0.5, 0.6) is 0 Å². The average Bonchev–Trinajstić information content (AvgIpc) is 2.96. The zero-order valence-electron chi connectivity index (χ0n) is 18.3. The van der Waals surface area contributed by atoms with Crippen LogP contribution in [0, 0.1) is 28.9 Å². The molecule has 148 valence electrons. The molecule has 0 fully saturated rings. The van der Waals surface area contributed by atoms with Crippen LogP contribution in [0.3, 0.4) is 0 Å². The van der Waals surface area contributed by atoms with Crippen molar-refractivity contribution in [3.05, 3.63) is 47.1 Å². The minimum atomic E-state index is 0. The van der Waals surface area contributed by atoms with Gasteiger partial charge in [-0.25, -0.2) is 17.7 Å². The maximum absolute atomic E-state index is 3.30. The molecule has 0 spiro atoms. The summed E-state index contributed by atoms with van der Waals surface area (Å²) in [6.07, 6.45) is 14.2. The van der Waals surface area contributed by atoms with E-state index >= 15 is 0 Å². The third-order valence-corrected chi connectivity index (χ3v) is 3.71. The van der Waals surface area contributed by atoms with E-state index < -0.39 is 0 Å². The van der Waals surface area contributed by atoms with E-state index in [1.165, 1.54) is 19.9 Å². The number of halogens is 2. The summed E-state index contributed by atoms with van der Waals surface area (Å²) in [5.41, 5.74) is 4.86. The van der Waals surface area contributed by atoms with Gasteiger partial charge < -0.3 is 24.8 Å². The predicted octanol–water partition coefficient (Wildman–Crippen LogP) is 0.833. The van der Waals surface area contributed by atoms with Crippen LogP contribution in [0.15, 0.2) is 34.9 Å². The van der Waals surface area contributed by atoms with Crippen molar-refractivity contribution in [3.8, 4) is 0 Å². The van der Waals surface area contributed by atoms with Crippen LogP contribution in [0.4, 0.5) is 0 Å². The fourth-order valence-corrected chi connectivity index (χ4v) is 2.13. The van der Waals surface area contributed by atoms with E-state index in [0.717, 1.165) is 6.42 Å². The molecule has 0 saturated heterocycles. The molecule has 0 aliphatic heterocycles. The fourth-order valence-electron chi connectivity index (χ4n) is 2.13. The molecule has 0 radical (unpaired) electrons. The van der Waals surface area contributed by atoms with E-state index in [-0.39, 0.29) is 24.8 Å². The van der Waals surface area contributed by atoms with Crippen molar-refractivity contribution in [1.29, 1.82) is 0 Å². The quantitative estimate of drug-likeness (QED) is 0.457. The molecule has 1 atom stereocenters. The van der Waals surface area contributed by atoms with Gasteiger partial charge in [0.2, 0.25) is 0 Å². The van der Waals surface area contributed by atoms with Gasteiger partial charge >= 0.3 is 41.3 Å². The maximum atomic E-state index is 3.30. The van der Waals surface area contributed by atoms with Crippen LogP contribution in [-0.2, 0) is 24.2 Å². The van der Waals surface area contributed by atoms with E-state index in [1.54, 1.807) is 24.2 Å². The molecule has 1 unspecified atom stereocenters. The van der Waals surface area contributed by atoms with Crippen molar-refractivity contribution in [1.82, 2.24) is 0 Å². The van der Waals surface area contributed by atoms with Crippen LogP contribution in [0.1, 0.15) is 75.7 Å². The van der Waals surface area contributed by atoms with Crippen LogP contribution in [0.2, 0.25) is 0 Å². The normalized spacial score (nSPS) is 18.0. The third-order valence-electron chi connectivity index (χ3n) is 3.71. The molecule has 0 aromatic rings. The average molecular weight is 475 g/mol. The molecule has 0 bridgehead atoms. The summed E-state index contributed by atoms with van der Waals surface area (Å²) in [6.45, 7) is 22.0. The molecule has 0 aromatic heterocycles. The Hall–Kier alpha value is 0.293. The number of allylic oxidation sites excluding steroid dienone is 8. The van der Waals surface area contributed by atoms with Crippen molar-refractivity contribution >= 4 is 3.21 Å². The second kappa shape index (κ2) is 13.5. The van der Waals surface area contributed by atoms with Gasteiger partial charge in [0.15, 0.2) is 0 Å². The predicted molar refractivity (Wildman–Crippen MR) is 105 cm³/mol. The van der Waals surface area contributed by atoms with Gasteiger partial charge in [-0.2, -0.15) is 17.2 Å². The summed E-state index contributed by atoms with van der Waals surface area (Å²) < 4.78 is 1.51. The van der Waals surface area contributed by atoms with E-state index in [4.69, 9.17) is 0 Å². The van der Waals surface area contributed by atoms with Gasteiger partial charge in [-0.1, -0.05) is 66.7 Å². The number of hydrogen-bond acceptors (Lipinski definition) is 0.